The van der Waals surface area contributed by atoms with Gasteiger partial charge in [0.25, 0.3) is 0 Å². The van der Waals surface area contributed by atoms with Crippen LogP contribution in [0.25, 0.3) is 10.9 Å². The molecule has 0 bridgehead atoms. The zero-order chi connectivity index (χ0) is 22.4. The van der Waals surface area contributed by atoms with Crippen molar-refractivity contribution in [3.05, 3.63) is 59.8 Å². The van der Waals surface area contributed by atoms with Gasteiger partial charge in [-0.2, -0.15) is 13.2 Å². The number of ether oxygens (including phenoxy) is 1. The van der Waals surface area contributed by atoms with Crippen molar-refractivity contribution in [2.45, 2.75) is 25.0 Å². The first kappa shape index (κ1) is 21.3. The number of benzene rings is 2. The van der Waals surface area contributed by atoms with Crippen molar-refractivity contribution in [3.63, 3.8) is 0 Å². The summed E-state index contributed by atoms with van der Waals surface area (Å²) in [5.41, 5.74) is 1.49. The van der Waals surface area contributed by atoms with E-state index in [0.29, 0.717) is 17.5 Å². The van der Waals surface area contributed by atoms with Gasteiger partial charge in [-0.25, -0.2) is 0 Å². The van der Waals surface area contributed by atoms with Gasteiger partial charge in [-0.15, -0.1) is 13.2 Å². The van der Waals surface area contributed by atoms with E-state index in [1.54, 1.807) is 24.3 Å². The number of H-pyrrole nitrogens is 1. The summed E-state index contributed by atoms with van der Waals surface area (Å²) in [6, 6.07) is 9.60. The van der Waals surface area contributed by atoms with Crippen molar-refractivity contribution >= 4 is 33.9 Å². The number of rotatable bonds is 2. The van der Waals surface area contributed by atoms with Gasteiger partial charge >= 0.3 is 12.5 Å². The molecule has 164 valence electrons. The number of para-hydroxylation sites is 1. The summed E-state index contributed by atoms with van der Waals surface area (Å²) in [4.78, 5) is 3.91. The molecule has 3 aromatic rings. The number of anilines is 1. The van der Waals surface area contributed by atoms with Crippen molar-refractivity contribution in [3.8, 4) is 5.75 Å². The van der Waals surface area contributed by atoms with E-state index in [9.17, 15) is 26.3 Å². The fourth-order valence-corrected chi connectivity index (χ4v) is 4.05. The largest absolute Gasteiger partial charge is 0.573 e. The van der Waals surface area contributed by atoms with E-state index in [1.165, 1.54) is 12.1 Å². The molecule has 2 heterocycles. The van der Waals surface area contributed by atoms with Crippen LogP contribution < -0.4 is 10.1 Å². The average molecular weight is 459 g/mol. The summed E-state index contributed by atoms with van der Waals surface area (Å²) in [5.74, 6) is -0.446. The van der Waals surface area contributed by atoms with Crippen molar-refractivity contribution in [1.82, 2.24) is 9.88 Å². The van der Waals surface area contributed by atoms with Gasteiger partial charge in [0.1, 0.15) is 5.75 Å². The van der Waals surface area contributed by atoms with Crippen LogP contribution in [0.2, 0.25) is 0 Å². The first-order valence-electron chi connectivity index (χ1n) is 9.12. The molecule has 1 aliphatic rings. The zero-order valence-electron chi connectivity index (χ0n) is 15.6. The Bertz CT molecular complexity index is 1110. The molecule has 1 atom stereocenters. The molecule has 31 heavy (non-hydrogen) atoms. The predicted octanol–water partition coefficient (Wildman–Crippen LogP) is 5.93. The third-order valence-electron chi connectivity index (χ3n) is 4.94. The van der Waals surface area contributed by atoms with Crippen molar-refractivity contribution in [2.24, 2.45) is 0 Å². The number of aromatic nitrogens is 1. The fraction of sp³-hybridized carbons (Fsp3) is 0.250. The maximum Gasteiger partial charge on any atom is 0.573 e. The Hall–Kier alpha value is -2.95. The molecule has 2 N–H and O–H groups in total. The highest BCUT2D eigenvalue weighted by Gasteiger charge is 2.49. The summed E-state index contributed by atoms with van der Waals surface area (Å²) in [6.07, 6.45) is -9.09. The highest BCUT2D eigenvalue weighted by molar-refractivity contribution is 7.80. The minimum absolute atomic E-state index is 0.0279. The van der Waals surface area contributed by atoms with Gasteiger partial charge < -0.3 is 19.9 Å². The van der Waals surface area contributed by atoms with Gasteiger partial charge in [0.2, 0.25) is 0 Å². The van der Waals surface area contributed by atoms with E-state index in [2.05, 4.69) is 15.0 Å². The van der Waals surface area contributed by atoms with Crippen LogP contribution in [0.5, 0.6) is 5.75 Å². The fourth-order valence-electron chi connectivity index (χ4n) is 3.74. The minimum atomic E-state index is -4.84. The number of halogens is 6. The zero-order valence-corrected chi connectivity index (χ0v) is 16.5. The Balaban J connectivity index is 1.59. The SMILES string of the molecule is FC(F)(F)Oc1ccc(NC(=S)N2CCc3c([nH]c4ccccc34)C2C(F)(F)F)cc1. The Morgan fingerprint density at radius 1 is 1.03 bits per heavy atom. The lowest BCUT2D eigenvalue weighted by atomic mass is 9.97. The number of aromatic amines is 1. The first-order valence-corrected chi connectivity index (χ1v) is 9.53. The summed E-state index contributed by atoms with van der Waals surface area (Å²) in [5, 5.41) is 3.23. The molecule has 0 saturated carbocycles. The quantitative estimate of drug-likeness (QED) is 0.369. The van der Waals surface area contributed by atoms with Crippen LogP contribution in [0.3, 0.4) is 0 Å². The van der Waals surface area contributed by atoms with E-state index < -0.39 is 24.3 Å². The number of nitrogens with one attached hydrogen (secondary N) is 2. The van der Waals surface area contributed by atoms with Crippen LogP contribution >= 0.6 is 12.2 Å². The molecule has 1 aliphatic heterocycles. The molecule has 0 amide bonds. The molecule has 11 heteroatoms. The number of nitrogens with zero attached hydrogens (tertiary/aromatic N) is 1. The maximum atomic E-state index is 14.0. The predicted molar refractivity (Wildman–Crippen MR) is 107 cm³/mol. The van der Waals surface area contributed by atoms with Crippen LogP contribution in [0.15, 0.2) is 48.5 Å². The van der Waals surface area contributed by atoms with Crippen molar-refractivity contribution < 1.29 is 31.1 Å². The molecule has 0 aliphatic carbocycles. The van der Waals surface area contributed by atoms with Gasteiger partial charge in [0.05, 0.1) is 5.69 Å². The second kappa shape index (κ2) is 7.63. The smallest absolute Gasteiger partial charge is 0.406 e. The summed E-state index contributed by atoms with van der Waals surface area (Å²) in [7, 11) is 0. The average Bonchev–Trinajstić information content (AvgIpc) is 3.05. The Morgan fingerprint density at radius 3 is 2.35 bits per heavy atom. The standard InChI is InChI=1S/C20H15F6N3OS/c21-19(22,23)17-16-14(13-3-1-2-4-15(13)28-16)9-10-29(17)18(31)27-11-5-7-12(8-6-11)30-20(24,25)26/h1-8,17,28H,9-10H2,(H,27,31). The van der Waals surface area contributed by atoms with E-state index in [-0.39, 0.29) is 23.0 Å². The molecule has 2 aromatic carbocycles. The van der Waals surface area contributed by atoms with Gasteiger partial charge in [0, 0.05) is 23.1 Å². The molecule has 4 nitrogen and oxygen atoms in total. The van der Waals surface area contributed by atoms with Crippen LogP contribution in [0.1, 0.15) is 17.3 Å². The molecule has 1 aromatic heterocycles. The molecule has 1 unspecified atom stereocenters. The molecule has 0 fully saturated rings. The lowest BCUT2D eigenvalue weighted by molar-refractivity contribution is -0.274. The molecule has 0 saturated heterocycles. The first-order chi connectivity index (χ1) is 14.5. The van der Waals surface area contributed by atoms with Gasteiger partial charge in [-0.05, 0) is 54.5 Å². The van der Waals surface area contributed by atoms with Crippen LogP contribution in [-0.2, 0) is 6.42 Å². The number of thiocarbonyl (C=S) groups is 1. The van der Waals surface area contributed by atoms with E-state index in [0.717, 1.165) is 22.4 Å². The van der Waals surface area contributed by atoms with Gasteiger partial charge in [-0.1, -0.05) is 18.2 Å². The van der Waals surface area contributed by atoms with E-state index >= 15 is 0 Å². The van der Waals surface area contributed by atoms with Crippen LogP contribution in [-0.4, -0.2) is 34.1 Å². The monoisotopic (exact) mass is 459 g/mol. The second-order valence-electron chi connectivity index (χ2n) is 6.95. The summed E-state index contributed by atoms with van der Waals surface area (Å²) < 4.78 is 82.7. The number of fused-ring (bicyclic) bond motifs is 3. The summed E-state index contributed by atoms with van der Waals surface area (Å²) >= 11 is 5.22. The van der Waals surface area contributed by atoms with E-state index in [4.69, 9.17) is 12.2 Å². The molecular formula is C20H15F6N3OS. The third kappa shape index (κ3) is 4.41. The Kier molecular flexibility index (Phi) is 5.24. The van der Waals surface area contributed by atoms with Gasteiger partial charge in [-0.3, -0.25) is 0 Å². The lowest BCUT2D eigenvalue weighted by Crippen LogP contribution is -2.48. The minimum Gasteiger partial charge on any atom is -0.406 e. The summed E-state index contributed by atoms with van der Waals surface area (Å²) in [6.45, 7) is 0.0279. The highest BCUT2D eigenvalue weighted by Crippen LogP contribution is 2.44. The number of alkyl halides is 6. The van der Waals surface area contributed by atoms with Crippen LogP contribution in [0.4, 0.5) is 32.0 Å². The van der Waals surface area contributed by atoms with Crippen molar-refractivity contribution in [2.75, 3.05) is 11.9 Å². The lowest BCUT2D eigenvalue weighted by Gasteiger charge is -2.38. The highest BCUT2D eigenvalue weighted by atomic mass is 32.1. The maximum absolute atomic E-state index is 14.0. The third-order valence-corrected chi connectivity index (χ3v) is 5.28. The number of hydrogen-bond acceptors (Lipinski definition) is 2. The second-order valence-corrected chi connectivity index (χ2v) is 7.34. The Labute approximate surface area is 177 Å². The van der Waals surface area contributed by atoms with Crippen molar-refractivity contribution in [1.29, 1.82) is 0 Å². The topological polar surface area (TPSA) is 40.3 Å². The van der Waals surface area contributed by atoms with Crippen LogP contribution in [0, 0.1) is 0 Å². The molecular weight excluding hydrogens is 444 g/mol. The van der Waals surface area contributed by atoms with E-state index in [1.807, 2.05) is 0 Å². The Morgan fingerprint density at radius 2 is 1.71 bits per heavy atom. The molecule has 4 rings (SSSR count). The number of hydrogen-bond donors (Lipinski definition) is 2. The van der Waals surface area contributed by atoms with Gasteiger partial charge in [0.15, 0.2) is 11.2 Å². The normalized spacial score (nSPS) is 16.8. The molecule has 0 radical (unpaired) electrons. The molecule has 0 spiro atoms.